The molecule has 1 rings (SSSR count). The molecular formula is C7H12N2O. The standard InChI is InChI=1S/C7H12N2O/c1-6(10)7-4-3-5-8-9(7)2/h5,7H,3-4H2,1-2H3. The number of Topliss-reactive ketones (excluding diaryl/α,β-unsaturated/α-hetero) is 1. The molecule has 1 atom stereocenters. The van der Waals surface area contributed by atoms with E-state index in [2.05, 4.69) is 5.10 Å². The highest BCUT2D eigenvalue weighted by Crippen LogP contribution is 2.09. The molecule has 1 aliphatic rings. The summed E-state index contributed by atoms with van der Waals surface area (Å²) in [5.41, 5.74) is 0. The quantitative estimate of drug-likeness (QED) is 0.536. The Balaban J connectivity index is 2.60. The zero-order valence-corrected chi connectivity index (χ0v) is 6.37. The van der Waals surface area contributed by atoms with Crippen LogP contribution in [0.3, 0.4) is 0 Å². The number of nitrogens with zero attached hydrogens (tertiary/aromatic N) is 2. The molecule has 1 aliphatic heterocycles. The number of hydrogen-bond donors (Lipinski definition) is 0. The lowest BCUT2D eigenvalue weighted by Crippen LogP contribution is -2.35. The third-order valence-corrected chi connectivity index (χ3v) is 1.75. The van der Waals surface area contributed by atoms with E-state index in [1.807, 2.05) is 13.3 Å². The summed E-state index contributed by atoms with van der Waals surface area (Å²) in [4.78, 5) is 10.9. The van der Waals surface area contributed by atoms with E-state index in [9.17, 15) is 4.79 Å². The van der Waals surface area contributed by atoms with Gasteiger partial charge in [0.1, 0.15) is 6.04 Å². The summed E-state index contributed by atoms with van der Waals surface area (Å²) in [6, 6.07) is 0.0185. The third kappa shape index (κ3) is 1.35. The largest absolute Gasteiger partial charge is 0.298 e. The fourth-order valence-electron chi connectivity index (χ4n) is 1.15. The predicted octanol–water partition coefficient (Wildman–Crippen LogP) is 0.655. The first-order valence-corrected chi connectivity index (χ1v) is 3.47. The van der Waals surface area contributed by atoms with E-state index in [1.54, 1.807) is 11.9 Å². The first kappa shape index (κ1) is 7.25. The second kappa shape index (κ2) is 2.82. The Labute approximate surface area is 60.7 Å². The van der Waals surface area contributed by atoms with Gasteiger partial charge >= 0.3 is 0 Å². The Morgan fingerprint density at radius 2 is 2.50 bits per heavy atom. The Morgan fingerprint density at radius 3 is 2.90 bits per heavy atom. The maximum Gasteiger partial charge on any atom is 0.153 e. The number of hydrazone groups is 1. The van der Waals surface area contributed by atoms with Gasteiger partial charge in [0.2, 0.25) is 0 Å². The van der Waals surface area contributed by atoms with Gasteiger partial charge in [0.25, 0.3) is 0 Å². The number of carbonyl (C=O) groups is 1. The van der Waals surface area contributed by atoms with E-state index in [-0.39, 0.29) is 11.8 Å². The molecule has 0 aromatic rings. The van der Waals surface area contributed by atoms with Crippen LogP contribution in [0.5, 0.6) is 0 Å². The van der Waals surface area contributed by atoms with E-state index < -0.39 is 0 Å². The molecule has 3 nitrogen and oxygen atoms in total. The van der Waals surface area contributed by atoms with Gasteiger partial charge in [-0.25, -0.2) is 0 Å². The molecule has 0 radical (unpaired) electrons. The second-order valence-corrected chi connectivity index (χ2v) is 2.58. The minimum absolute atomic E-state index is 0.0185. The molecule has 1 heterocycles. The Kier molecular flexibility index (Phi) is 2.04. The third-order valence-electron chi connectivity index (χ3n) is 1.75. The molecule has 0 fully saturated rings. The summed E-state index contributed by atoms with van der Waals surface area (Å²) in [6.45, 7) is 1.61. The minimum atomic E-state index is 0.0185. The van der Waals surface area contributed by atoms with Crippen molar-refractivity contribution in [2.45, 2.75) is 25.8 Å². The normalized spacial score (nSPS) is 25.0. The highest BCUT2D eigenvalue weighted by molar-refractivity contribution is 5.82. The number of likely N-dealkylation sites (N-methyl/N-ethyl adjacent to an activating group) is 1. The fourth-order valence-corrected chi connectivity index (χ4v) is 1.15. The van der Waals surface area contributed by atoms with Crippen LogP contribution in [0, 0.1) is 0 Å². The summed E-state index contributed by atoms with van der Waals surface area (Å²) in [6.07, 6.45) is 3.68. The zero-order chi connectivity index (χ0) is 7.56. The molecule has 0 bridgehead atoms. The maximum atomic E-state index is 10.9. The van der Waals surface area contributed by atoms with Crippen LogP contribution in [0.15, 0.2) is 5.10 Å². The zero-order valence-electron chi connectivity index (χ0n) is 6.37. The van der Waals surface area contributed by atoms with Crippen molar-refractivity contribution in [2.24, 2.45) is 5.10 Å². The van der Waals surface area contributed by atoms with Crippen molar-refractivity contribution in [3.63, 3.8) is 0 Å². The maximum absolute atomic E-state index is 10.9. The van der Waals surface area contributed by atoms with Gasteiger partial charge in [-0.15, -0.1) is 0 Å². The topological polar surface area (TPSA) is 32.7 Å². The average molecular weight is 140 g/mol. The summed E-state index contributed by atoms with van der Waals surface area (Å²) in [5, 5.41) is 5.75. The smallest absolute Gasteiger partial charge is 0.153 e. The van der Waals surface area contributed by atoms with Gasteiger partial charge in [-0.1, -0.05) is 0 Å². The first-order chi connectivity index (χ1) is 4.72. The number of ketones is 1. The van der Waals surface area contributed by atoms with Gasteiger partial charge in [0, 0.05) is 13.3 Å². The van der Waals surface area contributed by atoms with Crippen molar-refractivity contribution < 1.29 is 4.79 Å². The highest BCUT2D eigenvalue weighted by Gasteiger charge is 2.19. The summed E-state index contributed by atoms with van der Waals surface area (Å²) < 4.78 is 0. The average Bonchev–Trinajstić information content (AvgIpc) is 1.88. The van der Waals surface area contributed by atoms with Crippen LogP contribution < -0.4 is 0 Å². The van der Waals surface area contributed by atoms with E-state index in [0.29, 0.717) is 0 Å². The lowest BCUT2D eigenvalue weighted by atomic mass is 10.1. The Bertz CT molecular complexity index is 165. The van der Waals surface area contributed by atoms with E-state index in [1.165, 1.54) is 0 Å². The summed E-state index contributed by atoms with van der Waals surface area (Å²) >= 11 is 0. The minimum Gasteiger partial charge on any atom is -0.298 e. The molecule has 0 saturated heterocycles. The predicted molar refractivity (Wildman–Crippen MR) is 40.0 cm³/mol. The Morgan fingerprint density at radius 1 is 1.80 bits per heavy atom. The van der Waals surface area contributed by atoms with Gasteiger partial charge in [-0.2, -0.15) is 5.10 Å². The van der Waals surface area contributed by atoms with Gasteiger partial charge in [0.15, 0.2) is 5.78 Å². The molecule has 1 unspecified atom stereocenters. The van der Waals surface area contributed by atoms with Crippen LogP contribution in [0.1, 0.15) is 19.8 Å². The molecular weight excluding hydrogens is 128 g/mol. The van der Waals surface area contributed by atoms with Gasteiger partial charge in [0.05, 0.1) is 0 Å². The van der Waals surface area contributed by atoms with Crippen LogP contribution >= 0.6 is 0 Å². The van der Waals surface area contributed by atoms with Crippen molar-refractivity contribution in [1.82, 2.24) is 5.01 Å². The summed E-state index contributed by atoms with van der Waals surface area (Å²) in [7, 11) is 1.84. The van der Waals surface area contributed by atoms with Gasteiger partial charge < -0.3 is 0 Å². The van der Waals surface area contributed by atoms with Crippen LogP contribution in [-0.4, -0.2) is 30.1 Å². The molecule has 10 heavy (non-hydrogen) atoms. The first-order valence-electron chi connectivity index (χ1n) is 3.47. The molecule has 0 saturated carbocycles. The SMILES string of the molecule is CC(=O)C1CCC=NN1C. The molecule has 3 heteroatoms. The van der Waals surface area contributed by atoms with Crippen molar-refractivity contribution in [3.8, 4) is 0 Å². The summed E-state index contributed by atoms with van der Waals surface area (Å²) in [5.74, 6) is 0.208. The van der Waals surface area contributed by atoms with Gasteiger partial charge in [-0.05, 0) is 19.8 Å². The molecule has 0 N–H and O–H groups in total. The number of carbonyl (C=O) groups excluding carboxylic acids is 1. The lowest BCUT2D eigenvalue weighted by molar-refractivity contribution is -0.122. The van der Waals surface area contributed by atoms with Crippen LogP contribution in [0.2, 0.25) is 0 Å². The van der Waals surface area contributed by atoms with Gasteiger partial charge in [-0.3, -0.25) is 9.80 Å². The second-order valence-electron chi connectivity index (χ2n) is 2.58. The highest BCUT2D eigenvalue weighted by atomic mass is 16.1. The van der Waals surface area contributed by atoms with Crippen LogP contribution in [0.4, 0.5) is 0 Å². The number of hydrogen-bond acceptors (Lipinski definition) is 3. The fraction of sp³-hybridized carbons (Fsp3) is 0.714. The van der Waals surface area contributed by atoms with Crippen LogP contribution in [-0.2, 0) is 4.79 Å². The lowest BCUT2D eigenvalue weighted by Gasteiger charge is -2.25. The van der Waals surface area contributed by atoms with Crippen LogP contribution in [0.25, 0.3) is 0 Å². The molecule has 56 valence electrons. The van der Waals surface area contributed by atoms with Crippen molar-refractivity contribution >= 4 is 12.0 Å². The molecule has 0 amide bonds. The van der Waals surface area contributed by atoms with E-state index in [0.717, 1.165) is 12.8 Å². The van der Waals surface area contributed by atoms with Crippen molar-refractivity contribution in [1.29, 1.82) is 0 Å². The number of rotatable bonds is 1. The Hall–Kier alpha value is -0.860. The van der Waals surface area contributed by atoms with Crippen molar-refractivity contribution in [2.75, 3.05) is 7.05 Å². The van der Waals surface area contributed by atoms with Crippen molar-refractivity contribution in [3.05, 3.63) is 0 Å². The van der Waals surface area contributed by atoms with E-state index in [4.69, 9.17) is 0 Å². The monoisotopic (exact) mass is 140 g/mol. The molecule has 0 aliphatic carbocycles. The molecule has 0 aromatic carbocycles. The van der Waals surface area contributed by atoms with E-state index >= 15 is 0 Å². The molecule has 0 spiro atoms. The molecule has 0 aromatic heterocycles.